The lowest BCUT2D eigenvalue weighted by molar-refractivity contribution is -0.909. The Labute approximate surface area is 123 Å². The molecule has 0 bridgehead atoms. The lowest BCUT2D eigenvalue weighted by atomic mass is 10.1. The van der Waals surface area contributed by atoms with E-state index in [4.69, 9.17) is 4.74 Å². The van der Waals surface area contributed by atoms with E-state index in [0.29, 0.717) is 18.4 Å². The summed E-state index contributed by atoms with van der Waals surface area (Å²) in [4.78, 5) is 1.46. The number of benzene rings is 1. The second-order valence-electron chi connectivity index (χ2n) is 6.43. The highest BCUT2D eigenvalue weighted by molar-refractivity contribution is 5.20. The van der Waals surface area contributed by atoms with E-state index in [1.807, 2.05) is 30.3 Å². The average molecular weight is 280 g/mol. The Morgan fingerprint density at radius 2 is 1.50 bits per heavy atom. The van der Waals surface area contributed by atoms with Gasteiger partial charge in [-0.05, 0) is 12.1 Å². The van der Waals surface area contributed by atoms with Crippen molar-refractivity contribution in [1.29, 1.82) is 0 Å². The van der Waals surface area contributed by atoms with Crippen LogP contribution in [0.25, 0.3) is 0 Å². The van der Waals surface area contributed by atoms with Gasteiger partial charge in [-0.25, -0.2) is 0 Å². The van der Waals surface area contributed by atoms with E-state index >= 15 is 0 Å². The molecule has 2 N–H and O–H groups in total. The molecule has 0 saturated carbocycles. The van der Waals surface area contributed by atoms with Gasteiger partial charge >= 0.3 is 0 Å². The highest BCUT2D eigenvalue weighted by Crippen LogP contribution is 2.08. The standard InChI is InChI=1S/C17H29NO2/c1-14(2)10-18(11-15(3)4)12-16(19)13-20-17-8-6-5-7-9-17/h5-9,14-16,19H,10-13H2,1-4H3/p+1/t16-/m0/s1. The summed E-state index contributed by atoms with van der Waals surface area (Å²) >= 11 is 0. The number of nitrogens with one attached hydrogen (secondary N) is 1. The minimum atomic E-state index is -0.414. The number of para-hydroxylation sites is 1. The molecular formula is C17H30NO2+. The third-order valence-electron chi connectivity index (χ3n) is 3.10. The van der Waals surface area contributed by atoms with Crippen molar-refractivity contribution in [2.24, 2.45) is 11.8 Å². The van der Waals surface area contributed by atoms with Gasteiger partial charge in [-0.3, -0.25) is 0 Å². The predicted octanol–water partition coefficient (Wildman–Crippen LogP) is 1.62. The van der Waals surface area contributed by atoms with Gasteiger partial charge in [0, 0.05) is 11.8 Å². The van der Waals surface area contributed by atoms with Crippen LogP contribution < -0.4 is 9.64 Å². The average Bonchev–Trinajstić information content (AvgIpc) is 2.36. The summed E-state index contributed by atoms with van der Waals surface area (Å²) in [7, 11) is 0. The van der Waals surface area contributed by atoms with E-state index < -0.39 is 6.10 Å². The minimum absolute atomic E-state index is 0.365. The highest BCUT2D eigenvalue weighted by atomic mass is 16.5. The van der Waals surface area contributed by atoms with Gasteiger partial charge < -0.3 is 14.7 Å². The monoisotopic (exact) mass is 280 g/mol. The molecule has 0 aliphatic heterocycles. The van der Waals surface area contributed by atoms with Crippen molar-refractivity contribution >= 4 is 0 Å². The van der Waals surface area contributed by atoms with Crippen LogP contribution in [0, 0.1) is 11.8 Å². The zero-order chi connectivity index (χ0) is 15.0. The Morgan fingerprint density at radius 3 is 2.00 bits per heavy atom. The molecule has 0 fully saturated rings. The van der Waals surface area contributed by atoms with Gasteiger partial charge in [0.15, 0.2) is 0 Å². The largest absolute Gasteiger partial charge is 0.491 e. The van der Waals surface area contributed by atoms with E-state index in [9.17, 15) is 5.11 Å². The van der Waals surface area contributed by atoms with Crippen LogP contribution in [0.2, 0.25) is 0 Å². The third-order valence-corrected chi connectivity index (χ3v) is 3.10. The third kappa shape index (κ3) is 7.51. The molecular weight excluding hydrogens is 250 g/mol. The lowest BCUT2D eigenvalue weighted by Crippen LogP contribution is -3.14. The Kier molecular flexibility index (Phi) is 7.63. The second-order valence-corrected chi connectivity index (χ2v) is 6.43. The second kappa shape index (κ2) is 8.98. The Hall–Kier alpha value is -1.06. The van der Waals surface area contributed by atoms with Crippen molar-refractivity contribution in [1.82, 2.24) is 0 Å². The fourth-order valence-electron chi connectivity index (χ4n) is 2.51. The van der Waals surface area contributed by atoms with Crippen molar-refractivity contribution in [2.75, 3.05) is 26.2 Å². The molecule has 0 aliphatic carbocycles. The first kappa shape index (κ1) is 17.0. The van der Waals surface area contributed by atoms with Gasteiger partial charge in [-0.15, -0.1) is 0 Å². The number of hydrogen-bond donors (Lipinski definition) is 2. The van der Waals surface area contributed by atoms with Crippen LogP contribution in [0.1, 0.15) is 27.7 Å². The summed E-state index contributed by atoms with van der Waals surface area (Å²) < 4.78 is 5.62. The summed E-state index contributed by atoms with van der Waals surface area (Å²) in [5.74, 6) is 2.11. The first-order chi connectivity index (χ1) is 9.47. The van der Waals surface area contributed by atoms with E-state index in [0.717, 1.165) is 25.4 Å². The predicted molar refractivity (Wildman–Crippen MR) is 83.2 cm³/mol. The first-order valence-corrected chi connectivity index (χ1v) is 7.66. The van der Waals surface area contributed by atoms with Gasteiger partial charge in [0.05, 0.1) is 13.1 Å². The minimum Gasteiger partial charge on any atom is -0.491 e. The molecule has 0 heterocycles. The summed E-state index contributed by atoms with van der Waals surface area (Å²) in [6.07, 6.45) is -0.414. The molecule has 20 heavy (non-hydrogen) atoms. The van der Waals surface area contributed by atoms with Gasteiger partial charge in [-0.2, -0.15) is 0 Å². The summed E-state index contributed by atoms with van der Waals surface area (Å²) in [5, 5.41) is 10.2. The fraction of sp³-hybridized carbons (Fsp3) is 0.647. The fourth-order valence-corrected chi connectivity index (χ4v) is 2.51. The smallest absolute Gasteiger partial charge is 0.137 e. The van der Waals surface area contributed by atoms with Gasteiger partial charge in [0.25, 0.3) is 0 Å². The highest BCUT2D eigenvalue weighted by Gasteiger charge is 2.18. The number of aliphatic hydroxyl groups excluding tert-OH is 1. The maximum Gasteiger partial charge on any atom is 0.137 e. The van der Waals surface area contributed by atoms with Gasteiger partial charge in [0.2, 0.25) is 0 Å². The van der Waals surface area contributed by atoms with E-state index in [2.05, 4.69) is 27.7 Å². The summed E-state index contributed by atoms with van der Waals surface area (Å²) in [6.45, 7) is 12.2. The lowest BCUT2D eigenvalue weighted by Gasteiger charge is -2.25. The molecule has 1 aromatic carbocycles. The van der Waals surface area contributed by atoms with Gasteiger partial charge in [0.1, 0.15) is 25.0 Å². The molecule has 3 nitrogen and oxygen atoms in total. The van der Waals surface area contributed by atoms with Crippen LogP contribution in [0.4, 0.5) is 0 Å². The van der Waals surface area contributed by atoms with E-state index in [1.165, 1.54) is 4.90 Å². The van der Waals surface area contributed by atoms with Crippen LogP contribution in [0.3, 0.4) is 0 Å². The Bertz CT molecular complexity index is 341. The molecule has 1 atom stereocenters. The summed E-state index contributed by atoms with van der Waals surface area (Å²) in [5.41, 5.74) is 0. The Morgan fingerprint density at radius 1 is 0.950 bits per heavy atom. The van der Waals surface area contributed by atoms with Crippen LogP contribution >= 0.6 is 0 Å². The van der Waals surface area contributed by atoms with Crippen molar-refractivity contribution in [3.05, 3.63) is 30.3 Å². The van der Waals surface area contributed by atoms with Crippen molar-refractivity contribution in [2.45, 2.75) is 33.8 Å². The molecule has 1 aromatic rings. The summed E-state index contributed by atoms with van der Waals surface area (Å²) in [6, 6.07) is 9.67. The molecule has 1 rings (SSSR count). The maximum absolute atomic E-state index is 10.2. The Balaban J connectivity index is 2.38. The molecule has 0 aliphatic rings. The quantitative estimate of drug-likeness (QED) is 0.721. The number of hydrogen-bond acceptors (Lipinski definition) is 2. The first-order valence-electron chi connectivity index (χ1n) is 7.66. The number of quaternary nitrogens is 1. The normalized spacial score (nSPS) is 13.2. The topological polar surface area (TPSA) is 33.9 Å². The zero-order valence-electron chi connectivity index (χ0n) is 13.3. The number of ether oxygens (including phenoxy) is 1. The molecule has 0 unspecified atom stereocenters. The number of aliphatic hydroxyl groups is 1. The van der Waals surface area contributed by atoms with Crippen LogP contribution in [0.15, 0.2) is 30.3 Å². The molecule has 0 aromatic heterocycles. The van der Waals surface area contributed by atoms with Crippen molar-refractivity contribution < 1.29 is 14.7 Å². The van der Waals surface area contributed by atoms with E-state index in [1.54, 1.807) is 0 Å². The maximum atomic E-state index is 10.2. The molecule has 3 heteroatoms. The number of rotatable bonds is 9. The molecule has 0 saturated heterocycles. The van der Waals surface area contributed by atoms with Crippen molar-refractivity contribution in [3.63, 3.8) is 0 Å². The van der Waals surface area contributed by atoms with Crippen LogP contribution in [0.5, 0.6) is 5.75 Å². The molecule has 0 spiro atoms. The molecule has 0 amide bonds. The zero-order valence-corrected chi connectivity index (χ0v) is 13.3. The van der Waals surface area contributed by atoms with Crippen LogP contribution in [-0.2, 0) is 0 Å². The molecule has 0 radical (unpaired) electrons. The van der Waals surface area contributed by atoms with Gasteiger partial charge in [-0.1, -0.05) is 45.9 Å². The molecule has 114 valence electrons. The van der Waals surface area contributed by atoms with Crippen LogP contribution in [-0.4, -0.2) is 37.5 Å². The SMILES string of the molecule is CC(C)C[NH+](CC(C)C)C[C@H](O)COc1ccccc1. The van der Waals surface area contributed by atoms with Crippen molar-refractivity contribution in [3.8, 4) is 5.75 Å². The van der Waals surface area contributed by atoms with E-state index in [-0.39, 0.29) is 0 Å².